The maximum absolute atomic E-state index is 11.9. The second-order valence-corrected chi connectivity index (χ2v) is 4.17. The number of H-pyrrole nitrogens is 1. The van der Waals surface area contributed by atoms with Crippen molar-refractivity contribution in [3.05, 3.63) is 61.9 Å². The molecular formula is C12H12N4O4. The van der Waals surface area contributed by atoms with Gasteiger partial charge >= 0.3 is 0 Å². The van der Waals surface area contributed by atoms with E-state index in [4.69, 9.17) is 5.73 Å². The van der Waals surface area contributed by atoms with Gasteiger partial charge < -0.3 is 10.8 Å². The van der Waals surface area contributed by atoms with Crippen LogP contribution in [0.25, 0.3) is 0 Å². The predicted molar refractivity (Wildman–Crippen MR) is 71.1 cm³/mol. The van der Waals surface area contributed by atoms with E-state index >= 15 is 0 Å². The Morgan fingerprint density at radius 2 is 2.05 bits per heavy atom. The number of hydrogen-bond donors (Lipinski definition) is 3. The molecule has 0 saturated heterocycles. The molecule has 20 heavy (non-hydrogen) atoms. The fraction of sp³-hybridized carbons (Fsp3) is 0.167. The van der Waals surface area contributed by atoms with Gasteiger partial charge in [0.1, 0.15) is 0 Å². The molecule has 2 rings (SSSR count). The lowest BCUT2D eigenvalue weighted by atomic mass is 9.93. The number of nitrogens with one attached hydrogen (secondary N) is 1. The van der Waals surface area contributed by atoms with E-state index in [1.54, 1.807) is 30.3 Å². The van der Waals surface area contributed by atoms with Crippen molar-refractivity contribution >= 4 is 5.95 Å². The van der Waals surface area contributed by atoms with Gasteiger partial charge in [0, 0.05) is 4.92 Å². The van der Waals surface area contributed by atoms with Crippen LogP contribution in [-0.2, 0) is 0 Å². The molecule has 8 nitrogen and oxygen atoms in total. The molecule has 4 N–H and O–H groups in total. The number of rotatable bonds is 4. The van der Waals surface area contributed by atoms with Crippen LogP contribution in [0.15, 0.2) is 35.1 Å². The third kappa shape index (κ3) is 2.74. The summed E-state index contributed by atoms with van der Waals surface area (Å²) in [6, 6.07) is 8.42. The highest BCUT2D eigenvalue weighted by atomic mass is 16.6. The molecule has 104 valence electrons. The Kier molecular flexibility index (Phi) is 3.65. The molecule has 0 amide bonds. The van der Waals surface area contributed by atoms with E-state index < -0.39 is 28.8 Å². The standard InChI is InChI=1S/C12H12N4O4/c13-12-14-10(17)9(11(18)15-12)8(6-16(19)20)7-4-2-1-3-5-7/h1-5,8H,6H2,(H4,13,14,15,17,18). The Hall–Kier alpha value is -2.90. The normalized spacial score (nSPS) is 12.0. The molecule has 0 radical (unpaired) electrons. The molecule has 1 atom stereocenters. The lowest BCUT2D eigenvalue weighted by molar-refractivity contribution is -0.481. The van der Waals surface area contributed by atoms with E-state index in [2.05, 4.69) is 9.97 Å². The number of benzene rings is 1. The molecule has 0 aliphatic carbocycles. The van der Waals surface area contributed by atoms with Crippen molar-refractivity contribution in [2.75, 3.05) is 12.3 Å². The number of aromatic amines is 1. The number of aromatic hydroxyl groups is 1. The van der Waals surface area contributed by atoms with Crippen molar-refractivity contribution in [1.29, 1.82) is 0 Å². The SMILES string of the molecule is Nc1nc(O)c(C(C[N+](=O)[O-])c2ccccc2)c(=O)[nH]1. The van der Waals surface area contributed by atoms with Gasteiger partial charge in [-0.1, -0.05) is 30.3 Å². The van der Waals surface area contributed by atoms with Crippen LogP contribution in [0.1, 0.15) is 17.0 Å². The Morgan fingerprint density at radius 3 is 2.60 bits per heavy atom. The van der Waals surface area contributed by atoms with Gasteiger partial charge in [0.25, 0.3) is 5.56 Å². The van der Waals surface area contributed by atoms with E-state index in [1.165, 1.54) is 0 Å². The van der Waals surface area contributed by atoms with Crippen molar-refractivity contribution in [3.8, 4) is 5.88 Å². The first-order valence-corrected chi connectivity index (χ1v) is 5.74. The van der Waals surface area contributed by atoms with Gasteiger partial charge in [0.2, 0.25) is 18.4 Å². The largest absolute Gasteiger partial charge is 0.493 e. The summed E-state index contributed by atoms with van der Waals surface area (Å²) in [5.41, 5.74) is 4.99. The van der Waals surface area contributed by atoms with Gasteiger partial charge in [0.05, 0.1) is 11.5 Å². The first-order chi connectivity index (χ1) is 9.49. The first-order valence-electron chi connectivity index (χ1n) is 5.74. The van der Waals surface area contributed by atoms with E-state index in [1.807, 2.05) is 0 Å². The molecule has 0 fully saturated rings. The lowest BCUT2D eigenvalue weighted by Crippen LogP contribution is -2.24. The van der Waals surface area contributed by atoms with Crippen molar-refractivity contribution in [2.24, 2.45) is 0 Å². The van der Waals surface area contributed by atoms with Gasteiger partial charge in [-0.05, 0) is 5.56 Å². The summed E-state index contributed by atoms with van der Waals surface area (Å²) in [7, 11) is 0. The zero-order chi connectivity index (χ0) is 14.7. The summed E-state index contributed by atoms with van der Waals surface area (Å²) in [6.07, 6.45) is 0. The number of aromatic nitrogens is 2. The smallest absolute Gasteiger partial charge is 0.260 e. The highest BCUT2D eigenvalue weighted by Crippen LogP contribution is 2.27. The average molecular weight is 276 g/mol. The van der Waals surface area contributed by atoms with Gasteiger partial charge in [-0.15, -0.1) is 0 Å². The van der Waals surface area contributed by atoms with Gasteiger partial charge in [-0.2, -0.15) is 4.98 Å². The summed E-state index contributed by atoms with van der Waals surface area (Å²) >= 11 is 0. The minimum absolute atomic E-state index is 0.165. The molecule has 1 aromatic carbocycles. The fourth-order valence-electron chi connectivity index (χ4n) is 2.00. The fourth-order valence-corrected chi connectivity index (χ4v) is 2.00. The second kappa shape index (κ2) is 5.39. The molecule has 1 aromatic heterocycles. The van der Waals surface area contributed by atoms with Crippen LogP contribution in [0.5, 0.6) is 5.88 Å². The highest BCUT2D eigenvalue weighted by molar-refractivity contribution is 5.38. The third-order valence-corrected chi connectivity index (χ3v) is 2.84. The van der Waals surface area contributed by atoms with Crippen molar-refractivity contribution < 1.29 is 10.0 Å². The Balaban J connectivity index is 2.59. The Labute approximate surface area is 113 Å². The van der Waals surface area contributed by atoms with Gasteiger partial charge in [-0.25, -0.2) is 0 Å². The van der Waals surface area contributed by atoms with Crippen molar-refractivity contribution in [1.82, 2.24) is 9.97 Å². The maximum atomic E-state index is 11.9. The number of nitrogens with two attached hydrogens (primary N) is 1. The second-order valence-electron chi connectivity index (χ2n) is 4.17. The van der Waals surface area contributed by atoms with Crippen LogP contribution in [0.4, 0.5) is 5.95 Å². The molecule has 0 aliphatic heterocycles. The molecule has 0 saturated carbocycles. The van der Waals surface area contributed by atoms with Crippen LogP contribution in [0.2, 0.25) is 0 Å². The third-order valence-electron chi connectivity index (χ3n) is 2.84. The monoisotopic (exact) mass is 276 g/mol. The van der Waals surface area contributed by atoms with E-state index in [0.29, 0.717) is 5.56 Å². The zero-order valence-electron chi connectivity index (χ0n) is 10.3. The molecule has 1 unspecified atom stereocenters. The van der Waals surface area contributed by atoms with E-state index in [9.17, 15) is 20.0 Å². The van der Waals surface area contributed by atoms with Crippen molar-refractivity contribution in [2.45, 2.75) is 5.92 Å². The minimum atomic E-state index is -0.900. The number of hydrogen-bond acceptors (Lipinski definition) is 6. The van der Waals surface area contributed by atoms with E-state index in [-0.39, 0.29) is 11.5 Å². The number of nitrogen functional groups attached to an aromatic ring is 1. The maximum Gasteiger partial charge on any atom is 0.260 e. The summed E-state index contributed by atoms with van der Waals surface area (Å²) in [6.45, 7) is -0.535. The molecule has 8 heteroatoms. The lowest BCUT2D eigenvalue weighted by Gasteiger charge is -2.13. The number of anilines is 1. The van der Waals surface area contributed by atoms with Crippen LogP contribution in [-0.4, -0.2) is 26.5 Å². The average Bonchev–Trinajstić information content (AvgIpc) is 2.37. The highest BCUT2D eigenvalue weighted by Gasteiger charge is 2.27. The van der Waals surface area contributed by atoms with Gasteiger partial charge in [-0.3, -0.25) is 19.9 Å². The van der Waals surface area contributed by atoms with E-state index in [0.717, 1.165) is 0 Å². The molecule has 0 aliphatic rings. The van der Waals surface area contributed by atoms with Crippen molar-refractivity contribution in [3.63, 3.8) is 0 Å². The molecule has 0 spiro atoms. The topological polar surface area (TPSA) is 135 Å². The van der Waals surface area contributed by atoms with Crippen LogP contribution in [0, 0.1) is 10.1 Å². The number of nitrogens with zero attached hydrogens (tertiary/aromatic N) is 2. The molecule has 1 heterocycles. The minimum Gasteiger partial charge on any atom is -0.493 e. The van der Waals surface area contributed by atoms with Crippen LogP contribution < -0.4 is 11.3 Å². The summed E-state index contributed by atoms with van der Waals surface area (Å²) in [4.78, 5) is 27.9. The number of nitro groups is 1. The van der Waals surface area contributed by atoms with Gasteiger partial charge in [0.15, 0.2) is 0 Å². The summed E-state index contributed by atoms with van der Waals surface area (Å²) < 4.78 is 0. The summed E-state index contributed by atoms with van der Waals surface area (Å²) in [5.74, 6) is -1.74. The first kappa shape index (κ1) is 13.5. The summed E-state index contributed by atoms with van der Waals surface area (Å²) in [5, 5.41) is 20.6. The molecular weight excluding hydrogens is 264 g/mol. The molecule has 2 aromatic rings. The zero-order valence-corrected chi connectivity index (χ0v) is 10.3. The quantitative estimate of drug-likeness (QED) is 0.548. The Bertz CT molecular complexity index is 684. The molecule has 0 bridgehead atoms. The van der Waals surface area contributed by atoms with Crippen LogP contribution >= 0.6 is 0 Å². The predicted octanol–water partition coefficient (Wildman–Crippen LogP) is 0.466. The van der Waals surface area contributed by atoms with Crippen LogP contribution in [0.3, 0.4) is 0 Å². The Morgan fingerprint density at radius 1 is 1.40 bits per heavy atom.